The van der Waals surface area contributed by atoms with Crippen LogP contribution in [0.2, 0.25) is 0 Å². The largest absolute Gasteiger partial charge is 0.494 e. The van der Waals surface area contributed by atoms with E-state index in [4.69, 9.17) is 9.47 Å². The van der Waals surface area contributed by atoms with Gasteiger partial charge in [-0.25, -0.2) is 8.78 Å². The predicted octanol–water partition coefficient (Wildman–Crippen LogP) is 7.87. The number of carbonyl (C=O) groups excluding carboxylic acids is 3. The third kappa shape index (κ3) is 18.8. The van der Waals surface area contributed by atoms with Crippen molar-refractivity contribution in [2.24, 2.45) is 0 Å². The first kappa shape index (κ1) is 50.1. The summed E-state index contributed by atoms with van der Waals surface area (Å²) in [6.45, 7) is 16.5. The maximum Gasteiger partial charge on any atom is 0.251 e. The molecule has 342 valence electrons. The molecule has 0 spiro atoms. The molecule has 3 aromatic carbocycles. The number of carbonyl (C=O) groups is 3. The topological polar surface area (TPSA) is 115 Å². The number of aryl methyl sites for hydroxylation is 1. The molecule has 3 aromatic rings. The van der Waals surface area contributed by atoms with Gasteiger partial charge in [-0.15, -0.1) is 0 Å². The lowest BCUT2D eigenvalue weighted by Gasteiger charge is -2.26. The Morgan fingerprint density at radius 2 is 0.984 bits per heavy atom. The SMILES string of the molecule is CCOc1cccc(C(=O)NCCCN2CCCCC2)c1.COc1ccc(C(=O)NCCCN2CCCCC2)cc1F.Cc1ccc(C(=O)NCCCN2CCCCC2)cc1F. The highest BCUT2D eigenvalue weighted by atomic mass is 19.1. The number of nitrogens with zero attached hydrogens (tertiary/aromatic N) is 3. The Balaban J connectivity index is 0.000000205. The minimum atomic E-state index is -0.515. The van der Waals surface area contributed by atoms with Gasteiger partial charge < -0.3 is 40.1 Å². The van der Waals surface area contributed by atoms with E-state index in [1.807, 2.05) is 25.1 Å². The van der Waals surface area contributed by atoms with Crippen LogP contribution in [0.1, 0.15) is 121 Å². The highest BCUT2D eigenvalue weighted by Crippen LogP contribution is 2.18. The van der Waals surface area contributed by atoms with Gasteiger partial charge in [-0.1, -0.05) is 31.4 Å². The lowest BCUT2D eigenvalue weighted by atomic mass is 10.1. The summed E-state index contributed by atoms with van der Waals surface area (Å²) in [6.07, 6.45) is 14.7. The van der Waals surface area contributed by atoms with Gasteiger partial charge in [0.2, 0.25) is 0 Å². The van der Waals surface area contributed by atoms with E-state index >= 15 is 0 Å². The third-order valence-electron chi connectivity index (χ3n) is 11.4. The Kier molecular flexibility index (Phi) is 23.3. The lowest BCUT2D eigenvalue weighted by Crippen LogP contribution is -2.33. The smallest absolute Gasteiger partial charge is 0.251 e. The van der Waals surface area contributed by atoms with E-state index in [1.165, 1.54) is 109 Å². The molecule has 3 heterocycles. The predicted molar refractivity (Wildman–Crippen MR) is 243 cm³/mol. The van der Waals surface area contributed by atoms with Crippen molar-refractivity contribution in [3.05, 3.63) is 94.6 Å². The number of halogens is 2. The first-order valence-electron chi connectivity index (χ1n) is 23.0. The molecular formula is C49H72F2N6O5. The van der Waals surface area contributed by atoms with E-state index < -0.39 is 5.82 Å². The molecule has 3 amide bonds. The molecule has 13 heteroatoms. The van der Waals surface area contributed by atoms with Crippen molar-refractivity contribution in [3.8, 4) is 11.5 Å². The van der Waals surface area contributed by atoms with Crippen molar-refractivity contribution >= 4 is 17.7 Å². The summed E-state index contributed by atoms with van der Waals surface area (Å²) < 4.78 is 37.2. The first-order chi connectivity index (χ1) is 30.2. The minimum Gasteiger partial charge on any atom is -0.494 e. The number of ether oxygens (including phenoxy) is 2. The second-order valence-corrected chi connectivity index (χ2v) is 16.3. The van der Waals surface area contributed by atoms with Crippen LogP contribution in [-0.4, -0.2) is 125 Å². The van der Waals surface area contributed by atoms with Crippen LogP contribution in [0.15, 0.2) is 60.7 Å². The number of hydrogen-bond acceptors (Lipinski definition) is 8. The van der Waals surface area contributed by atoms with E-state index in [9.17, 15) is 23.2 Å². The molecule has 0 unspecified atom stereocenters. The van der Waals surface area contributed by atoms with Crippen LogP contribution in [0.3, 0.4) is 0 Å². The molecule has 6 rings (SSSR count). The van der Waals surface area contributed by atoms with Gasteiger partial charge in [0.15, 0.2) is 11.6 Å². The van der Waals surface area contributed by atoms with Gasteiger partial charge in [-0.2, -0.15) is 0 Å². The molecule has 3 aliphatic heterocycles. The van der Waals surface area contributed by atoms with Gasteiger partial charge in [0.25, 0.3) is 17.7 Å². The molecule has 0 aliphatic carbocycles. The van der Waals surface area contributed by atoms with Crippen molar-refractivity contribution in [3.63, 3.8) is 0 Å². The summed E-state index contributed by atoms with van der Waals surface area (Å²) in [5.74, 6) is -0.396. The number of nitrogens with one attached hydrogen (secondary N) is 3. The second kappa shape index (κ2) is 28.9. The highest BCUT2D eigenvalue weighted by Gasteiger charge is 2.14. The number of rotatable bonds is 18. The summed E-state index contributed by atoms with van der Waals surface area (Å²) in [5.41, 5.74) is 1.95. The Hall–Kier alpha value is -4.59. The average Bonchev–Trinajstić information content (AvgIpc) is 3.30. The fourth-order valence-electron chi connectivity index (χ4n) is 7.80. The zero-order chi connectivity index (χ0) is 44.4. The van der Waals surface area contributed by atoms with Gasteiger partial charge in [0.1, 0.15) is 11.6 Å². The molecule has 11 nitrogen and oxygen atoms in total. The zero-order valence-electron chi connectivity index (χ0n) is 37.6. The lowest BCUT2D eigenvalue weighted by molar-refractivity contribution is 0.0942. The van der Waals surface area contributed by atoms with Crippen LogP contribution < -0.4 is 25.4 Å². The summed E-state index contributed by atoms with van der Waals surface area (Å²) >= 11 is 0. The molecule has 0 atom stereocenters. The molecule has 0 radical (unpaired) electrons. The van der Waals surface area contributed by atoms with Crippen molar-refractivity contribution in [1.29, 1.82) is 0 Å². The van der Waals surface area contributed by atoms with Crippen molar-refractivity contribution in [2.45, 2.75) is 90.9 Å². The fraction of sp³-hybridized carbons (Fsp3) is 0.571. The third-order valence-corrected chi connectivity index (χ3v) is 11.4. The molecule has 3 N–H and O–H groups in total. The number of likely N-dealkylation sites (tertiary alicyclic amines) is 3. The molecule has 3 fully saturated rings. The van der Waals surface area contributed by atoms with Crippen LogP contribution in [0.25, 0.3) is 0 Å². The quantitative estimate of drug-likeness (QED) is 0.111. The normalized spacial score (nSPS) is 15.8. The van der Waals surface area contributed by atoms with Crippen LogP contribution in [0.4, 0.5) is 8.78 Å². The standard InChI is InChI=1S/C17H26N2O2.C16H23FN2O2.C16H23FN2O/c1-2-21-16-9-6-8-15(14-16)17(20)18-10-7-13-19-11-4-3-5-12-19;1-21-15-7-6-13(12-14(15)17)16(20)18-8-5-11-19-9-3-2-4-10-19;1-13-6-7-14(12-15(13)17)16(20)18-8-5-11-19-9-3-2-4-10-19/h6,8-9,14H,2-5,7,10-13H2,1H3,(H,18,20);6-7,12H,2-5,8-11H2,1H3,(H,18,20);6-7,12H,2-5,8-11H2,1H3,(H,18,20). The second-order valence-electron chi connectivity index (χ2n) is 16.3. The Bertz CT molecular complexity index is 1780. The Labute approximate surface area is 369 Å². The molecule has 3 saturated heterocycles. The van der Waals surface area contributed by atoms with Crippen LogP contribution >= 0.6 is 0 Å². The van der Waals surface area contributed by atoms with Gasteiger partial charge in [0.05, 0.1) is 13.7 Å². The summed E-state index contributed by atoms with van der Waals surface area (Å²) in [6, 6.07) is 16.2. The number of amides is 3. The average molecular weight is 863 g/mol. The fourth-order valence-corrected chi connectivity index (χ4v) is 7.80. The first-order valence-corrected chi connectivity index (χ1v) is 23.0. The van der Waals surface area contributed by atoms with Crippen LogP contribution in [0.5, 0.6) is 11.5 Å². The molecule has 62 heavy (non-hydrogen) atoms. The van der Waals surface area contributed by atoms with Gasteiger partial charge in [0, 0.05) is 36.3 Å². The molecular weight excluding hydrogens is 791 g/mol. The monoisotopic (exact) mass is 863 g/mol. The molecule has 3 aliphatic rings. The number of hydrogen-bond donors (Lipinski definition) is 3. The van der Waals surface area contributed by atoms with E-state index in [0.29, 0.717) is 42.0 Å². The molecule has 0 aromatic heterocycles. The number of piperidine rings is 3. The van der Waals surface area contributed by atoms with Gasteiger partial charge in [-0.05, 0) is 185 Å². The van der Waals surface area contributed by atoms with Crippen molar-refractivity contribution in [2.75, 3.05) is 92.3 Å². The van der Waals surface area contributed by atoms with E-state index in [1.54, 1.807) is 31.2 Å². The summed E-state index contributed by atoms with van der Waals surface area (Å²) in [4.78, 5) is 43.2. The van der Waals surface area contributed by atoms with Gasteiger partial charge in [-0.3, -0.25) is 14.4 Å². The summed E-state index contributed by atoms with van der Waals surface area (Å²) in [7, 11) is 1.40. The highest BCUT2D eigenvalue weighted by molar-refractivity contribution is 5.95. The van der Waals surface area contributed by atoms with Crippen LogP contribution in [-0.2, 0) is 0 Å². The number of benzene rings is 3. The molecule has 0 bridgehead atoms. The molecule has 0 saturated carbocycles. The maximum absolute atomic E-state index is 13.5. The van der Waals surface area contributed by atoms with Crippen LogP contribution in [0, 0.1) is 18.6 Å². The Morgan fingerprint density at radius 3 is 1.39 bits per heavy atom. The van der Waals surface area contributed by atoms with Gasteiger partial charge >= 0.3 is 0 Å². The van der Waals surface area contributed by atoms with E-state index in [2.05, 4.69) is 30.7 Å². The van der Waals surface area contributed by atoms with E-state index in [-0.39, 0.29) is 29.3 Å². The van der Waals surface area contributed by atoms with Crippen molar-refractivity contribution in [1.82, 2.24) is 30.7 Å². The zero-order valence-corrected chi connectivity index (χ0v) is 37.6. The summed E-state index contributed by atoms with van der Waals surface area (Å²) in [5, 5.41) is 8.67. The minimum absolute atomic E-state index is 0.0183. The van der Waals surface area contributed by atoms with Crippen molar-refractivity contribution < 1.29 is 32.6 Å². The van der Waals surface area contributed by atoms with E-state index in [0.717, 1.165) is 64.3 Å². The Morgan fingerprint density at radius 1 is 0.565 bits per heavy atom. The number of methoxy groups -OCH3 is 1. The maximum atomic E-state index is 13.5.